The Morgan fingerprint density at radius 3 is 2.74 bits per heavy atom. The van der Waals surface area contributed by atoms with E-state index in [0.717, 1.165) is 56.9 Å². The van der Waals surface area contributed by atoms with Crippen molar-refractivity contribution in [3.63, 3.8) is 0 Å². The summed E-state index contributed by atoms with van der Waals surface area (Å²) < 4.78 is 0. The van der Waals surface area contributed by atoms with Gasteiger partial charge in [0.1, 0.15) is 0 Å². The van der Waals surface area contributed by atoms with Crippen LogP contribution in [0, 0.1) is 5.92 Å². The SMILES string of the molecule is O=C1c2ccccc2CCCC1CCCCCCO. The molecule has 0 spiro atoms. The highest BCUT2D eigenvalue weighted by molar-refractivity contribution is 5.99. The normalized spacial score (nSPS) is 19.0. The van der Waals surface area contributed by atoms with Gasteiger partial charge in [0.15, 0.2) is 5.78 Å². The molecular formula is C17H24O2. The van der Waals surface area contributed by atoms with Crippen molar-refractivity contribution in [3.8, 4) is 0 Å². The summed E-state index contributed by atoms with van der Waals surface area (Å²) in [5, 5.41) is 8.75. The summed E-state index contributed by atoms with van der Waals surface area (Å²) in [6.45, 7) is 0.287. The first kappa shape index (κ1) is 14.3. The molecule has 1 N–H and O–H groups in total. The lowest BCUT2D eigenvalue weighted by molar-refractivity contribution is 0.0907. The maximum absolute atomic E-state index is 12.5. The Morgan fingerprint density at radius 2 is 1.89 bits per heavy atom. The quantitative estimate of drug-likeness (QED) is 0.624. The molecule has 0 fully saturated rings. The average molecular weight is 260 g/mol. The summed E-state index contributed by atoms with van der Waals surface area (Å²) >= 11 is 0. The van der Waals surface area contributed by atoms with Gasteiger partial charge in [0.2, 0.25) is 0 Å². The van der Waals surface area contributed by atoms with Crippen LogP contribution >= 0.6 is 0 Å². The van der Waals surface area contributed by atoms with Gasteiger partial charge in [-0.3, -0.25) is 4.79 Å². The number of fused-ring (bicyclic) bond motifs is 1. The molecule has 0 bridgehead atoms. The molecule has 0 amide bonds. The monoisotopic (exact) mass is 260 g/mol. The first-order chi connectivity index (χ1) is 9.33. The molecule has 1 aliphatic rings. The minimum atomic E-state index is 0.220. The molecule has 2 nitrogen and oxygen atoms in total. The number of Topliss-reactive ketones (excluding diaryl/α,β-unsaturated/α-hetero) is 1. The molecule has 1 aromatic rings. The van der Waals surface area contributed by atoms with E-state index in [4.69, 9.17) is 5.11 Å². The maximum Gasteiger partial charge on any atom is 0.166 e. The molecule has 1 unspecified atom stereocenters. The number of ketones is 1. The van der Waals surface area contributed by atoms with Gasteiger partial charge in [-0.05, 0) is 37.7 Å². The topological polar surface area (TPSA) is 37.3 Å². The van der Waals surface area contributed by atoms with Crippen LogP contribution in [0.2, 0.25) is 0 Å². The third kappa shape index (κ3) is 3.90. The molecular weight excluding hydrogens is 236 g/mol. The van der Waals surface area contributed by atoms with Crippen LogP contribution in [0.25, 0.3) is 0 Å². The first-order valence-corrected chi connectivity index (χ1v) is 7.56. The van der Waals surface area contributed by atoms with Gasteiger partial charge < -0.3 is 5.11 Å². The molecule has 1 aliphatic carbocycles. The van der Waals surface area contributed by atoms with Crippen LogP contribution in [-0.2, 0) is 6.42 Å². The van der Waals surface area contributed by atoms with E-state index < -0.39 is 0 Å². The van der Waals surface area contributed by atoms with E-state index in [1.165, 1.54) is 5.56 Å². The fourth-order valence-electron chi connectivity index (χ4n) is 3.00. The van der Waals surface area contributed by atoms with Crippen molar-refractivity contribution in [1.29, 1.82) is 0 Å². The third-order valence-electron chi connectivity index (χ3n) is 4.11. The van der Waals surface area contributed by atoms with Crippen LogP contribution < -0.4 is 0 Å². The van der Waals surface area contributed by atoms with Crippen molar-refractivity contribution in [2.45, 2.75) is 51.4 Å². The van der Waals surface area contributed by atoms with Gasteiger partial charge in [-0.1, -0.05) is 43.5 Å². The van der Waals surface area contributed by atoms with Crippen molar-refractivity contribution in [2.24, 2.45) is 5.92 Å². The van der Waals surface area contributed by atoms with Crippen LogP contribution in [-0.4, -0.2) is 17.5 Å². The van der Waals surface area contributed by atoms with Gasteiger partial charge >= 0.3 is 0 Å². The summed E-state index contributed by atoms with van der Waals surface area (Å²) in [6, 6.07) is 8.08. The smallest absolute Gasteiger partial charge is 0.166 e. The van der Waals surface area contributed by atoms with Gasteiger partial charge in [0, 0.05) is 18.1 Å². The molecule has 0 aliphatic heterocycles. The Balaban J connectivity index is 1.90. The van der Waals surface area contributed by atoms with Crippen molar-refractivity contribution in [2.75, 3.05) is 6.61 Å². The summed E-state index contributed by atoms with van der Waals surface area (Å²) in [7, 11) is 0. The molecule has 0 saturated heterocycles. The van der Waals surface area contributed by atoms with Crippen LogP contribution in [0.1, 0.15) is 60.9 Å². The number of rotatable bonds is 6. The summed E-state index contributed by atoms with van der Waals surface area (Å²) in [5.41, 5.74) is 2.19. The number of unbranched alkanes of at least 4 members (excludes halogenated alkanes) is 3. The second kappa shape index (κ2) is 7.44. The summed E-state index contributed by atoms with van der Waals surface area (Å²) in [4.78, 5) is 12.5. The molecule has 0 radical (unpaired) electrons. The molecule has 2 heteroatoms. The summed E-state index contributed by atoms with van der Waals surface area (Å²) in [6.07, 6.45) is 8.43. The van der Waals surface area contributed by atoms with Gasteiger partial charge in [-0.2, -0.15) is 0 Å². The number of hydrogen-bond acceptors (Lipinski definition) is 2. The zero-order valence-electron chi connectivity index (χ0n) is 11.6. The highest BCUT2D eigenvalue weighted by Gasteiger charge is 2.24. The van der Waals surface area contributed by atoms with Crippen LogP contribution in [0.4, 0.5) is 0 Å². The van der Waals surface area contributed by atoms with E-state index >= 15 is 0 Å². The van der Waals surface area contributed by atoms with E-state index in [9.17, 15) is 4.79 Å². The van der Waals surface area contributed by atoms with Gasteiger partial charge in [-0.15, -0.1) is 0 Å². The standard InChI is InChI=1S/C17H24O2/c18-13-6-2-1-3-9-15-11-7-10-14-8-4-5-12-16(14)17(15)19/h4-5,8,12,15,18H,1-3,6-7,9-11,13H2. The number of aliphatic hydroxyl groups is 1. The largest absolute Gasteiger partial charge is 0.396 e. The predicted octanol–water partition coefficient (Wildman–Crippen LogP) is 3.76. The Kier molecular flexibility index (Phi) is 5.59. The predicted molar refractivity (Wildman–Crippen MR) is 77.4 cm³/mol. The lowest BCUT2D eigenvalue weighted by Crippen LogP contribution is -2.14. The van der Waals surface area contributed by atoms with E-state index in [2.05, 4.69) is 6.07 Å². The van der Waals surface area contributed by atoms with E-state index in [1.807, 2.05) is 18.2 Å². The average Bonchev–Trinajstić information content (AvgIpc) is 2.59. The second-order valence-electron chi connectivity index (χ2n) is 5.54. The van der Waals surface area contributed by atoms with Crippen LogP contribution in [0.15, 0.2) is 24.3 Å². The zero-order chi connectivity index (χ0) is 13.5. The van der Waals surface area contributed by atoms with Gasteiger partial charge in [-0.25, -0.2) is 0 Å². The van der Waals surface area contributed by atoms with E-state index in [-0.39, 0.29) is 12.5 Å². The molecule has 104 valence electrons. The molecule has 0 heterocycles. The minimum absolute atomic E-state index is 0.220. The van der Waals surface area contributed by atoms with E-state index in [0.29, 0.717) is 5.78 Å². The van der Waals surface area contributed by atoms with E-state index in [1.54, 1.807) is 0 Å². The molecule has 2 rings (SSSR count). The highest BCUT2D eigenvalue weighted by atomic mass is 16.2. The highest BCUT2D eigenvalue weighted by Crippen LogP contribution is 2.28. The lowest BCUT2D eigenvalue weighted by atomic mass is 9.90. The number of hydrogen-bond donors (Lipinski definition) is 1. The Labute approximate surface area is 115 Å². The van der Waals surface area contributed by atoms with Gasteiger partial charge in [0.05, 0.1) is 0 Å². The third-order valence-corrected chi connectivity index (χ3v) is 4.11. The lowest BCUT2D eigenvalue weighted by Gasteiger charge is -2.13. The number of aryl methyl sites for hydroxylation is 1. The zero-order valence-corrected chi connectivity index (χ0v) is 11.6. The van der Waals surface area contributed by atoms with Crippen LogP contribution in [0.3, 0.4) is 0 Å². The number of carbonyl (C=O) groups is 1. The Morgan fingerprint density at radius 1 is 1.11 bits per heavy atom. The molecule has 1 aromatic carbocycles. The number of carbonyl (C=O) groups excluding carboxylic acids is 1. The van der Waals surface area contributed by atoms with Crippen molar-refractivity contribution >= 4 is 5.78 Å². The maximum atomic E-state index is 12.5. The Hall–Kier alpha value is -1.15. The minimum Gasteiger partial charge on any atom is -0.396 e. The fourth-order valence-corrected chi connectivity index (χ4v) is 3.00. The van der Waals surface area contributed by atoms with Gasteiger partial charge in [0.25, 0.3) is 0 Å². The molecule has 1 atom stereocenters. The molecule has 0 aromatic heterocycles. The van der Waals surface area contributed by atoms with Crippen molar-refractivity contribution in [1.82, 2.24) is 0 Å². The Bertz CT molecular complexity index is 411. The van der Waals surface area contributed by atoms with Crippen molar-refractivity contribution in [3.05, 3.63) is 35.4 Å². The number of aliphatic hydroxyl groups excluding tert-OH is 1. The fraction of sp³-hybridized carbons (Fsp3) is 0.588. The molecule has 0 saturated carbocycles. The second-order valence-corrected chi connectivity index (χ2v) is 5.54. The number of benzene rings is 1. The first-order valence-electron chi connectivity index (χ1n) is 7.56. The molecule has 19 heavy (non-hydrogen) atoms. The van der Waals surface area contributed by atoms with Crippen molar-refractivity contribution < 1.29 is 9.90 Å². The summed E-state index contributed by atoms with van der Waals surface area (Å²) in [5.74, 6) is 0.577. The van der Waals surface area contributed by atoms with Crippen LogP contribution in [0.5, 0.6) is 0 Å².